The number of nitrogens with one attached hydrogen (secondary N) is 1. The smallest absolute Gasteiger partial charge is 0.251 e. The lowest BCUT2D eigenvalue weighted by Gasteiger charge is -2.33. The molecule has 2 aliphatic heterocycles. The maximum atomic E-state index is 13.3. The number of nitrogens with zero attached hydrogens (tertiary/aromatic N) is 1. The van der Waals surface area contributed by atoms with Crippen LogP contribution in [0.15, 0.2) is 48.5 Å². The minimum absolute atomic E-state index is 0.0652. The first-order valence-electron chi connectivity index (χ1n) is 10.8. The predicted octanol–water partition coefficient (Wildman–Crippen LogP) is 3.14. The highest BCUT2D eigenvalue weighted by Gasteiger charge is 2.44. The fourth-order valence-electron chi connectivity index (χ4n) is 4.65. The van der Waals surface area contributed by atoms with Crippen LogP contribution in [0, 0.1) is 0 Å². The van der Waals surface area contributed by atoms with Crippen molar-refractivity contribution in [1.29, 1.82) is 0 Å². The highest BCUT2D eigenvalue weighted by molar-refractivity contribution is 7.91. The van der Waals surface area contributed by atoms with E-state index in [1.165, 1.54) is 0 Å². The number of sulfone groups is 1. The minimum Gasteiger partial charge on any atom is -0.448 e. The van der Waals surface area contributed by atoms with Gasteiger partial charge in [0.25, 0.3) is 5.79 Å². The summed E-state index contributed by atoms with van der Waals surface area (Å²) in [6, 6.07) is 14.4. The van der Waals surface area contributed by atoms with Gasteiger partial charge in [0.2, 0.25) is 5.91 Å². The molecule has 8 heteroatoms. The number of carbonyl (C=O) groups excluding carboxylic acids is 1. The van der Waals surface area contributed by atoms with E-state index >= 15 is 0 Å². The monoisotopic (exact) mass is 442 g/mol. The number of hydrogen-bond acceptors (Lipinski definition) is 6. The lowest BCUT2D eigenvalue weighted by Crippen LogP contribution is -2.46. The second kappa shape index (κ2) is 7.84. The van der Waals surface area contributed by atoms with Crippen LogP contribution in [0.4, 0.5) is 5.69 Å². The first-order chi connectivity index (χ1) is 14.9. The molecule has 2 aromatic carbocycles. The van der Waals surface area contributed by atoms with E-state index in [0.717, 1.165) is 31.2 Å². The van der Waals surface area contributed by atoms with E-state index in [9.17, 15) is 13.2 Å². The minimum atomic E-state index is -3.04. The van der Waals surface area contributed by atoms with Crippen molar-refractivity contribution in [2.45, 2.75) is 37.5 Å². The Balaban J connectivity index is 1.36. The van der Waals surface area contributed by atoms with Crippen molar-refractivity contribution in [3.8, 4) is 11.5 Å². The largest absolute Gasteiger partial charge is 0.448 e. The summed E-state index contributed by atoms with van der Waals surface area (Å²) in [6.45, 7) is 0.665. The fourth-order valence-corrected chi connectivity index (χ4v) is 5.88. The molecule has 2 fully saturated rings. The van der Waals surface area contributed by atoms with E-state index in [1.807, 2.05) is 53.4 Å². The Hall–Kier alpha value is -2.58. The van der Waals surface area contributed by atoms with Crippen LogP contribution in [0.1, 0.15) is 37.3 Å². The number of amides is 1. The topological polar surface area (TPSA) is 84.9 Å². The molecule has 1 aliphatic carbocycles. The van der Waals surface area contributed by atoms with Crippen molar-refractivity contribution in [3.63, 3.8) is 0 Å². The summed E-state index contributed by atoms with van der Waals surface area (Å²) in [5, 5.41) is 3.00. The van der Waals surface area contributed by atoms with Crippen molar-refractivity contribution in [2.24, 2.45) is 0 Å². The van der Waals surface area contributed by atoms with E-state index in [2.05, 4.69) is 5.32 Å². The Morgan fingerprint density at radius 2 is 1.65 bits per heavy atom. The van der Waals surface area contributed by atoms with E-state index in [4.69, 9.17) is 9.47 Å². The number of carbonyl (C=O) groups is 1. The Labute approximate surface area is 182 Å². The van der Waals surface area contributed by atoms with E-state index < -0.39 is 21.7 Å². The van der Waals surface area contributed by atoms with Crippen LogP contribution in [0.2, 0.25) is 0 Å². The molecule has 5 rings (SSSR count). The van der Waals surface area contributed by atoms with Crippen molar-refractivity contribution >= 4 is 21.4 Å². The summed E-state index contributed by atoms with van der Waals surface area (Å²) >= 11 is 0. The molecular formula is C23H26N2O5S. The van der Waals surface area contributed by atoms with Gasteiger partial charge in [-0.05, 0) is 30.5 Å². The van der Waals surface area contributed by atoms with Crippen LogP contribution in [-0.2, 0) is 14.6 Å². The van der Waals surface area contributed by atoms with Gasteiger partial charge >= 0.3 is 0 Å². The summed E-state index contributed by atoms with van der Waals surface area (Å²) in [5.41, 5.74) is 1.47. The molecule has 1 atom stereocenters. The van der Waals surface area contributed by atoms with Crippen LogP contribution in [0.3, 0.4) is 0 Å². The van der Waals surface area contributed by atoms with Gasteiger partial charge in [0.1, 0.15) is 6.04 Å². The number of rotatable bonds is 4. The molecule has 31 heavy (non-hydrogen) atoms. The van der Waals surface area contributed by atoms with Gasteiger partial charge in [0.15, 0.2) is 21.3 Å². The molecular weight excluding hydrogens is 416 g/mol. The van der Waals surface area contributed by atoms with Crippen LogP contribution in [0.25, 0.3) is 0 Å². The van der Waals surface area contributed by atoms with E-state index in [-0.39, 0.29) is 17.4 Å². The third-order valence-electron chi connectivity index (χ3n) is 6.28. The Morgan fingerprint density at radius 1 is 0.968 bits per heavy atom. The number of anilines is 1. The average Bonchev–Trinajstić information content (AvgIpc) is 3.35. The second-order valence-electron chi connectivity index (χ2n) is 8.47. The molecule has 1 amide bonds. The Bertz CT molecular complexity index is 1070. The van der Waals surface area contributed by atoms with Crippen molar-refractivity contribution in [3.05, 3.63) is 54.1 Å². The molecule has 0 aromatic heterocycles. The van der Waals surface area contributed by atoms with Gasteiger partial charge < -0.3 is 14.8 Å². The molecule has 2 heterocycles. The van der Waals surface area contributed by atoms with Crippen LogP contribution >= 0.6 is 0 Å². The lowest BCUT2D eigenvalue weighted by molar-refractivity contribution is -0.121. The molecule has 3 aliphatic rings. The van der Waals surface area contributed by atoms with E-state index in [1.54, 1.807) is 0 Å². The van der Waals surface area contributed by atoms with Crippen molar-refractivity contribution < 1.29 is 22.7 Å². The Kier molecular flexibility index (Phi) is 5.14. The van der Waals surface area contributed by atoms with Gasteiger partial charge in [0, 0.05) is 37.7 Å². The third kappa shape index (κ3) is 4.14. The molecule has 0 bridgehead atoms. The number of benzene rings is 2. The third-order valence-corrected chi connectivity index (χ3v) is 7.89. The number of fused-ring (bicyclic) bond motifs is 1. The maximum absolute atomic E-state index is 13.3. The molecule has 1 N–H and O–H groups in total. The highest BCUT2D eigenvalue weighted by atomic mass is 32.2. The van der Waals surface area contributed by atoms with Gasteiger partial charge in [-0.2, -0.15) is 0 Å². The SMILES string of the molecule is O=C(Nc1ccc2c(c1)OC1(CCCC1)O2)C(c1ccccc1)N1CCS(=O)(=O)CC1. The molecule has 1 saturated heterocycles. The molecule has 0 radical (unpaired) electrons. The number of ether oxygens (including phenoxy) is 2. The summed E-state index contributed by atoms with van der Waals surface area (Å²) in [5.74, 6) is 0.753. The van der Waals surface area contributed by atoms with Gasteiger partial charge in [-0.1, -0.05) is 30.3 Å². The van der Waals surface area contributed by atoms with Gasteiger partial charge in [-0.3, -0.25) is 9.69 Å². The van der Waals surface area contributed by atoms with Crippen molar-refractivity contribution in [2.75, 3.05) is 29.9 Å². The molecule has 7 nitrogen and oxygen atoms in total. The lowest BCUT2D eigenvalue weighted by atomic mass is 10.0. The van der Waals surface area contributed by atoms with Crippen LogP contribution < -0.4 is 14.8 Å². The van der Waals surface area contributed by atoms with Gasteiger partial charge in [-0.15, -0.1) is 0 Å². The fraction of sp³-hybridized carbons (Fsp3) is 0.435. The zero-order valence-corrected chi connectivity index (χ0v) is 18.1. The van der Waals surface area contributed by atoms with Gasteiger partial charge in [0.05, 0.1) is 11.5 Å². The molecule has 164 valence electrons. The predicted molar refractivity (Wildman–Crippen MR) is 117 cm³/mol. The standard InChI is InChI=1S/C23H26N2O5S/c26-22(21(17-6-2-1-3-7-17)25-12-14-31(27,28)15-13-25)24-18-8-9-19-20(16-18)30-23(29-19)10-4-5-11-23/h1-3,6-9,16,21H,4-5,10-15H2,(H,24,26). The maximum Gasteiger partial charge on any atom is 0.251 e. The highest BCUT2D eigenvalue weighted by Crippen LogP contribution is 2.47. The van der Waals surface area contributed by atoms with Crippen LogP contribution in [-0.4, -0.2) is 49.6 Å². The number of hydrogen-bond donors (Lipinski definition) is 1. The first kappa shape index (κ1) is 20.3. The summed E-state index contributed by atoms with van der Waals surface area (Å²) in [6.07, 6.45) is 3.92. The van der Waals surface area contributed by atoms with Gasteiger partial charge in [-0.25, -0.2) is 8.42 Å². The first-order valence-corrected chi connectivity index (χ1v) is 12.6. The molecule has 1 spiro atoms. The zero-order valence-electron chi connectivity index (χ0n) is 17.2. The van der Waals surface area contributed by atoms with E-state index in [0.29, 0.717) is 30.3 Å². The summed E-state index contributed by atoms with van der Waals surface area (Å²) in [4.78, 5) is 15.3. The molecule has 2 aromatic rings. The van der Waals surface area contributed by atoms with Crippen LogP contribution in [0.5, 0.6) is 11.5 Å². The second-order valence-corrected chi connectivity index (χ2v) is 10.8. The summed E-state index contributed by atoms with van der Waals surface area (Å²) in [7, 11) is -3.04. The zero-order chi connectivity index (χ0) is 21.5. The van der Waals surface area contributed by atoms with Crippen molar-refractivity contribution in [1.82, 2.24) is 4.90 Å². The average molecular weight is 443 g/mol. The summed E-state index contributed by atoms with van der Waals surface area (Å²) < 4.78 is 35.9. The molecule has 1 unspecified atom stereocenters. The normalized spacial score (nSPS) is 22.3. The quantitative estimate of drug-likeness (QED) is 0.783. The Morgan fingerprint density at radius 3 is 2.35 bits per heavy atom. The molecule has 1 saturated carbocycles.